The van der Waals surface area contributed by atoms with Crippen molar-refractivity contribution in [3.05, 3.63) is 89.0 Å². The second-order valence-electron chi connectivity index (χ2n) is 8.21. The molecule has 3 heterocycles. The highest BCUT2D eigenvalue weighted by Gasteiger charge is 2.31. The van der Waals surface area contributed by atoms with E-state index in [0.29, 0.717) is 4.88 Å². The van der Waals surface area contributed by atoms with Crippen LogP contribution in [0.3, 0.4) is 0 Å². The lowest BCUT2D eigenvalue weighted by Crippen LogP contribution is -2.71. The van der Waals surface area contributed by atoms with Crippen molar-refractivity contribution in [1.82, 2.24) is 14.8 Å². The van der Waals surface area contributed by atoms with E-state index in [1.54, 1.807) is 24.3 Å². The Bertz CT molecular complexity index is 1110. The zero-order valence-corrected chi connectivity index (χ0v) is 20.1. The maximum atomic E-state index is 13.3. The van der Waals surface area contributed by atoms with E-state index >= 15 is 0 Å². The normalized spacial score (nSPS) is 14.9. The molecule has 7 nitrogen and oxygen atoms in total. The molecule has 1 aromatic carbocycles. The fourth-order valence-corrected chi connectivity index (χ4v) is 4.81. The SMILES string of the molecule is COc1cccc([NH2+]/C=C\C(=N)N(C(=O)c2cccs2)C2CCN(Cc3cccnc3)CC2)c1. The number of hydrogen-bond acceptors (Lipinski definition) is 6. The lowest BCUT2D eigenvalue weighted by atomic mass is 10.0. The number of benzene rings is 1. The summed E-state index contributed by atoms with van der Waals surface area (Å²) >= 11 is 1.42. The van der Waals surface area contributed by atoms with Gasteiger partial charge < -0.3 is 4.74 Å². The Morgan fingerprint density at radius 1 is 1.26 bits per heavy atom. The third kappa shape index (κ3) is 6.17. The lowest BCUT2D eigenvalue weighted by Gasteiger charge is -2.37. The summed E-state index contributed by atoms with van der Waals surface area (Å²) in [6, 6.07) is 15.5. The first kappa shape index (κ1) is 23.8. The molecule has 176 valence electrons. The van der Waals surface area contributed by atoms with Crippen molar-refractivity contribution in [2.45, 2.75) is 25.4 Å². The van der Waals surface area contributed by atoms with Crippen molar-refractivity contribution in [2.75, 3.05) is 20.2 Å². The van der Waals surface area contributed by atoms with Crippen molar-refractivity contribution in [3.63, 3.8) is 0 Å². The minimum Gasteiger partial charge on any atom is -0.497 e. The maximum Gasteiger partial charge on any atom is 0.269 e. The molecule has 0 aliphatic carbocycles. The van der Waals surface area contributed by atoms with Crippen molar-refractivity contribution in [3.8, 4) is 5.75 Å². The summed E-state index contributed by atoms with van der Waals surface area (Å²) in [6.45, 7) is 2.60. The Morgan fingerprint density at radius 3 is 2.82 bits per heavy atom. The summed E-state index contributed by atoms with van der Waals surface area (Å²) in [5.41, 5.74) is 2.17. The molecule has 1 saturated heterocycles. The summed E-state index contributed by atoms with van der Waals surface area (Å²) in [5.74, 6) is 0.893. The number of quaternary nitrogens is 1. The Kier molecular flexibility index (Phi) is 8.19. The molecule has 3 aromatic rings. The van der Waals surface area contributed by atoms with Gasteiger partial charge in [-0.2, -0.15) is 0 Å². The number of thiophene rings is 1. The first-order valence-electron chi connectivity index (χ1n) is 11.4. The Balaban J connectivity index is 1.43. The number of piperidine rings is 1. The smallest absolute Gasteiger partial charge is 0.269 e. The summed E-state index contributed by atoms with van der Waals surface area (Å²) in [6.07, 6.45) is 8.86. The van der Waals surface area contributed by atoms with E-state index in [0.717, 1.165) is 43.9 Å². The summed E-state index contributed by atoms with van der Waals surface area (Å²) in [4.78, 5) is 22.3. The zero-order valence-electron chi connectivity index (χ0n) is 19.3. The third-order valence-electron chi connectivity index (χ3n) is 5.90. The molecule has 1 fully saturated rings. The lowest BCUT2D eigenvalue weighted by molar-refractivity contribution is -0.496. The van der Waals surface area contributed by atoms with Crippen LogP contribution in [0.15, 0.2) is 78.6 Å². The van der Waals surface area contributed by atoms with E-state index in [2.05, 4.69) is 16.0 Å². The molecule has 0 saturated carbocycles. The molecule has 0 spiro atoms. The highest BCUT2D eigenvalue weighted by atomic mass is 32.1. The van der Waals surface area contributed by atoms with Gasteiger partial charge in [-0.15, -0.1) is 11.3 Å². The number of nitrogens with two attached hydrogens (primary N) is 1. The third-order valence-corrected chi connectivity index (χ3v) is 6.76. The molecule has 0 bridgehead atoms. The predicted molar refractivity (Wildman–Crippen MR) is 134 cm³/mol. The first-order valence-corrected chi connectivity index (χ1v) is 12.2. The number of pyridine rings is 1. The quantitative estimate of drug-likeness (QED) is 0.295. The van der Waals surface area contributed by atoms with Crippen molar-refractivity contribution < 1.29 is 14.8 Å². The maximum absolute atomic E-state index is 13.3. The average molecular weight is 477 g/mol. The van der Waals surface area contributed by atoms with E-state index in [4.69, 9.17) is 10.1 Å². The van der Waals surface area contributed by atoms with E-state index < -0.39 is 0 Å². The van der Waals surface area contributed by atoms with Crippen LogP contribution < -0.4 is 10.1 Å². The number of amidine groups is 1. The number of nitrogens with zero attached hydrogens (tertiary/aromatic N) is 3. The number of carbonyl (C=O) groups is 1. The molecule has 4 rings (SSSR count). The second-order valence-corrected chi connectivity index (χ2v) is 9.16. The van der Waals surface area contributed by atoms with Crippen LogP contribution in [0.1, 0.15) is 28.1 Å². The minimum atomic E-state index is -0.100. The number of methoxy groups -OCH3 is 1. The van der Waals surface area contributed by atoms with Gasteiger partial charge in [-0.25, -0.2) is 0 Å². The highest BCUT2D eigenvalue weighted by Crippen LogP contribution is 2.23. The largest absolute Gasteiger partial charge is 0.497 e. The molecular weight excluding hydrogens is 446 g/mol. The van der Waals surface area contributed by atoms with E-state index in [1.807, 2.05) is 65.6 Å². The van der Waals surface area contributed by atoms with Crippen LogP contribution in [0.5, 0.6) is 5.75 Å². The van der Waals surface area contributed by atoms with Gasteiger partial charge in [-0.05, 0) is 48.1 Å². The number of carbonyl (C=O) groups excluding carboxylic acids is 1. The number of ether oxygens (including phenoxy) is 1. The molecule has 8 heteroatoms. The Labute approximate surface area is 204 Å². The Morgan fingerprint density at radius 2 is 2.12 bits per heavy atom. The molecule has 0 unspecified atom stereocenters. The number of hydrogen-bond donors (Lipinski definition) is 2. The van der Waals surface area contributed by atoms with E-state index in [1.165, 1.54) is 16.9 Å². The van der Waals surface area contributed by atoms with Gasteiger partial charge in [0, 0.05) is 50.2 Å². The van der Waals surface area contributed by atoms with Gasteiger partial charge in [0.25, 0.3) is 5.91 Å². The van der Waals surface area contributed by atoms with Crippen LogP contribution >= 0.6 is 11.3 Å². The molecule has 1 aliphatic rings. The summed E-state index contributed by atoms with van der Waals surface area (Å²) in [7, 11) is 1.64. The number of aromatic nitrogens is 1. The second kappa shape index (κ2) is 11.7. The topological polar surface area (TPSA) is 86.1 Å². The molecule has 34 heavy (non-hydrogen) atoms. The number of likely N-dealkylation sites (tertiary alicyclic amines) is 1. The highest BCUT2D eigenvalue weighted by molar-refractivity contribution is 7.12. The molecule has 1 amide bonds. The van der Waals surface area contributed by atoms with E-state index in [9.17, 15) is 4.79 Å². The molecule has 2 aromatic heterocycles. The standard InChI is InChI=1S/C26H29N5O2S/c1-33-23-7-2-6-21(17-23)29-13-9-25(27)31(26(32)24-8-4-16-34-24)22-10-14-30(15-11-22)19-20-5-3-12-28-18-20/h2-9,12-13,16-18,22,27,29H,10-11,14-15,19H2,1H3/p+1/b13-9-,27-25?. The van der Waals surface area contributed by atoms with Crippen LogP contribution in [0.2, 0.25) is 0 Å². The number of amides is 1. The van der Waals surface area contributed by atoms with Gasteiger partial charge in [0.2, 0.25) is 0 Å². The zero-order chi connectivity index (χ0) is 23.8. The number of rotatable bonds is 8. The van der Waals surface area contributed by atoms with E-state index in [-0.39, 0.29) is 17.8 Å². The van der Waals surface area contributed by atoms with Gasteiger partial charge in [-0.3, -0.25) is 30.3 Å². The minimum absolute atomic E-state index is 0.00582. The Hall–Kier alpha value is -3.33. The van der Waals surface area contributed by atoms with Crippen molar-refractivity contribution in [1.29, 1.82) is 5.41 Å². The summed E-state index contributed by atoms with van der Waals surface area (Å²) < 4.78 is 5.27. The van der Waals surface area contributed by atoms with Gasteiger partial charge in [-0.1, -0.05) is 18.2 Å². The van der Waals surface area contributed by atoms with Crippen LogP contribution in [0.4, 0.5) is 5.69 Å². The van der Waals surface area contributed by atoms with Gasteiger partial charge in [0.1, 0.15) is 23.5 Å². The summed E-state index contributed by atoms with van der Waals surface area (Å²) in [5, 5.41) is 12.6. The van der Waals surface area contributed by atoms with Gasteiger partial charge >= 0.3 is 0 Å². The fourth-order valence-electron chi connectivity index (χ4n) is 4.15. The predicted octanol–water partition coefficient (Wildman–Crippen LogP) is 3.64. The average Bonchev–Trinajstić information content (AvgIpc) is 3.41. The molecule has 1 aliphatic heterocycles. The molecular formula is C26H30N5O2S+. The van der Waals surface area contributed by atoms with Crippen LogP contribution in [-0.4, -0.2) is 52.8 Å². The first-order chi connectivity index (χ1) is 16.6. The van der Waals surface area contributed by atoms with Crippen LogP contribution in [0, 0.1) is 5.41 Å². The van der Waals surface area contributed by atoms with Crippen molar-refractivity contribution >= 4 is 28.8 Å². The molecule has 0 radical (unpaired) electrons. The number of nitrogens with one attached hydrogen (secondary N) is 1. The van der Waals surface area contributed by atoms with Crippen molar-refractivity contribution in [2.24, 2.45) is 0 Å². The molecule has 3 N–H and O–H groups in total. The van der Waals surface area contributed by atoms with Crippen LogP contribution in [0.25, 0.3) is 0 Å². The van der Waals surface area contributed by atoms with Gasteiger partial charge in [0.15, 0.2) is 0 Å². The van der Waals surface area contributed by atoms with Crippen LogP contribution in [-0.2, 0) is 6.54 Å². The monoisotopic (exact) mass is 476 g/mol. The molecule has 0 atom stereocenters. The fraction of sp³-hybridized carbons (Fsp3) is 0.269. The van der Waals surface area contributed by atoms with Gasteiger partial charge in [0.05, 0.1) is 12.0 Å².